The van der Waals surface area contributed by atoms with E-state index in [2.05, 4.69) is 19.2 Å². The number of phenols is 1. The second-order valence-corrected chi connectivity index (χ2v) is 12.7. The lowest BCUT2D eigenvalue weighted by molar-refractivity contribution is -0.255. The summed E-state index contributed by atoms with van der Waals surface area (Å²) in [5, 5.41) is 13.7. The molecule has 0 bridgehead atoms. The van der Waals surface area contributed by atoms with Crippen molar-refractivity contribution in [2.75, 3.05) is 33.3 Å². The second kappa shape index (κ2) is 18.3. The summed E-state index contributed by atoms with van der Waals surface area (Å²) in [6, 6.07) is 15.3. The number of carbonyl (C=O) groups is 4. The Bertz CT molecular complexity index is 1260. The van der Waals surface area contributed by atoms with Crippen LogP contribution in [-0.2, 0) is 36.8 Å². The first-order chi connectivity index (χ1) is 22.0. The Kier molecular flexibility index (Phi) is 14.5. The fourth-order valence-electron chi connectivity index (χ4n) is 5.43. The van der Waals surface area contributed by atoms with E-state index in [9.17, 15) is 24.3 Å². The van der Waals surface area contributed by atoms with Gasteiger partial charge in [0.25, 0.3) is 5.91 Å². The summed E-state index contributed by atoms with van der Waals surface area (Å²) in [7, 11) is 1.77. The summed E-state index contributed by atoms with van der Waals surface area (Å²) >= 11 is 0. The summed E-state index contributed by atoms with van der Waals surface area (Å²) in [6.45, 7) is 8.71. The Morgan fingerprint density at radius 3 is 2.37 bits per heavy atom. The van der Waals surface area contributed by atoms with Crippen LogP contribution in [0.15, 0.2) is 54.6 Å². The highest BCUT2D eigenvalue weighted by Crippen LogP contribution is 2.24. The number of nitrogens with one attached hydrogen (secondary N) is 1. The van der Waals surface area contributed by atoms with Gasteiger partial charge in [-0.2, -0.15) is 5.06 Å². The van der Waals surface area contributed by atoms with Gasteiger partial charge in [0.15, 0.2) is 6.10 Å². The molecule has 3 unspecified atom stereocenters. The number of carbonyl (C=O) groups excluding carboxylic acids is 4. The van der Waals surface area contributed by atoms with Gasteiger partial charge in [-0.3, -0.25) is 19.3 Å². The number of amides is 3. The Morgan fingerprint density at radius 2 is 1.74 bits per heavy atom. The van der Waals surface area contributed by atoms with E-state index in [1.807, 2.05) is 49.1 Å². The van der Waals surface area contributed by atoms with Crippen LogP contribution in [0.3, 0.4) is 0 Å². The molecule has 2 N–H and O–H groups in total. The molecule has 1 saturated heterocycles. The molecule has 0 aliphatic carbocycles. The van der Waals surface area contributed by atoms with Crippen LogP contribution in [0.25, 0.3) is 0 Å². The van der Waals surface area contributed by atoms with E-state index in [0.29, 0.717) is 31.6 Å². The van der Waals surface area contributed by atoms with E-state index in [-0.39, 0.29) is 43.7 Å². The van der Waals surface area contributed by atoms with Crippen LogP contribution in [0.2, 0.25) is 0 Å². The Hall–Kier alpha value is -3.96. The lowest BCUT2D eigenvalue weighted by Crippen LogP contribution is -2.66. The smallest absolute Gasteiger partial charge is 0.436 e. The van der Waals surface area contributed by atoms with Gasteiger partial charge in [0.2, 0.25) is 5.91 Å². The maximum atomic E-state index is 13.8. The Balaban J connectivity index is 1.84. The number of aromatic hydroxyl groups is 1. The number of likely N-dealkylation sites (N-methyl/N-ethyl adjacent to an activating group) is 1. The number of benzene rings is 2. The molecule has 46 heavy (non-hydrogen) atoms. The lowest BCUT2D eigenvalue weighted by atomic mass is 10.0. The van der Waals surface area contributed by atoms with Gasteiger partial charge in [-0.1, -0.05) is 70.2 Å². The van der Waals surface area contributed by atoms with E-state index < -0.39 is 30.3 Å². The number of ether oxygens (including phenoxy) is 1. The minimum atomic E-state index is -1.07. The third-order valence-electron chi connectivity index (χ3n) is 7.94. The normalized spacial score (nSPS) is 17.4. The van der Waals surface area contributed by atoms with Crippen molar-refractivity contribution < 1.29 is 33.9 Å². The number of hydroxylamine groups is 2. The SMILES string of the molecule is CC(C)CCCNC(=O)C(CC(C)C)N(C)CC1N(CC=O)C(=O)C(Cc2ccccc2)ON1C(=O)OCCc1ccc(O)cc1. The van der Waals surface area contributed by atoms with Crippen LogP contribution >= 0.6 is 0 Å². The quantitative estimate of drug-likeness (QED) is 0.195. The van der Waals surface area contributed by atoms with Crippen molar-refractivity contribution in [1.82, 2.24) is 20.2 Å². The summed E-state index contributed by atoms with van der Waals surface area (Å²) in [5.41, 5.74) is 1.69. The van der Waals surface area contributed by atoms with Crippen LogP contribution in [0.5, 0.6) is 5.75 Å². The van der Waals surface area contributed by atoms with Crippen LogP contribution < -0.4 is 5.32 Å². The molecule has 1 fully saturated rings. The first-order valence-corrected chi connectivity index (χ1v) is 16.2. The highest BCUT2D eigenvalue weighted by molar-refractivity contribution is 5.85. The average Bonchev–Trinajstić information content (AvgIpc) is 3.02. The third-order valence-corrected chi connectivity index (χ3v) is 7.94. The maximum absolute atomic E-state index is 13.8. The zero-order chi connectivity index (χ0) is 33.6. The van der Waals surface area contributed by atoms with Crippen molar-refractivity contribution in [3.63, 3.8) is 0 Å². The zero-order valence-electron chi connectivity index (χ0n) is 27.8. The molecular weight excluding hydrogens is 588 g/mol. The molecule has 1 heterocycles. The van der Waals surface area contributed by atoms with Crippen molar-refractivity contribution in [1.29, 1.82) is 0 Å². The van der Waals surface area contributed by atoms with E-state index in [0.717, 1.165) is 29.0 Å². The van der Waals surface area contributed by atoms with Crippen LogP contribution in [0, 0.1) is 11.8 Å². The van der Waals surface area contributed by atoms with Gasteiger partial charge in [-0.25, -0.2) is 4.79 Å². The standard InChI is InChI=1S/C35H50N4O7/c1-25(2)10-9-18-36-33(42)30(22-26(3)4)37(5)24-32-38(19-20-40)34(43)31(23-28-11-7-6-8-12-28)46-39(32)35(44)45-21-17-27-13-15-29(41)16-14-27/h6-8,11-16,20,25-26,30-32,41H,9-10,17-19,21-24H2,1-5H3,(H,36,42). The van der Waals surface area contributed by atoms with Gasteiger partial charge in [-0.05, 0) is 61.4 Å². The molecule has 1 aliphatic heterocycles. The maximum Gasteiger partial charge on any atom is 0.436 e. The number of nitrogens with zero attached hydrogens (tertiary/aromatic N) is 3. The van der Waals surface area contributed by atoms with Gasteiger partial charge >= 0.3 is 6.09 Å². The van der Waals surface area contributed by atoms with E-state index >= 15 is 0 Å². The predicted octanol–water partition coefficient (Wildman–Crippen LogP) is 4.18. The van der Waals surface area contributed by atoms with Crippen LogP contribution in [0.1, 0.15) is 58.1 Å². The Morgan fingerprint density at radius 1 is 1.04 bits per heavy atom. The van der Waals surface area contributed by atoms with Crippen molar-refractivity contribution in [3.8, 4) is 5.75 Å². The second-order valence-electron chi connectivity index (χ2n) is 12.7. The van der Waals surface area contributed by atoms with Crippen LogP contribution in [-0.4, -0.2) is 95.8 Å². The fourth-order valence-corrected chi connectivity index (χ4v) is 5.43. The number of hydrogen-bond acceptors (Lipinski definition) is 8. The number of aldehydes is 1. The van der Waals surface area contributed by atoms with Gasteiger partial charge in [-0.15, -0.1) is 0 Å². The third kappa shape index (κ3) is 11.1. The molecular formula is C35H50N4O7. The highest BCUT2D eigenvalue weighted by Gasteiger charge is 2.45. The van der Waals surface area contributed by atoms with Gasteiger partial charge < -0.3 is 24.9 Å². The number of phenolic OH excluding ortho intramolecular Hbond substituents is 1. The Labute approximate surface area is 272 Å². The topological polar surface area (TPSA) is 129 Å². The van der Waals surface area contributed by atoms with Crippen molar-refractivity contribution in [3.05, 3.63) is 65.7 Å². The van der Waals surface area contributed by atoms with E-state index in [1.54, 1.807) is 31.3 Å². The van der Waals surface area contributed by atoms with E-state index in [1.165, 1.54) is 4.90 Å². The molecule has 0 saturated carbocycles. The van der Waals surface area contributed by atoms with Crippen molar-refractivity contribution in [2.24, 2.45) is 11.8 Å². The molecule has 0 spiro atoms. The molecule has 0 aromatic heterocycles. The van der Waals surface area contributed by atoms with Gasteiger partial charge in [0.1, 0.15) is 18.2 Å². The largest absolute Gasteiger partial charge is 0.508 e. The minimum Gasteiger partial charge on any atom is -0.508 e. The molecule has 252 valence electrons. The lowest BCUT2D eigenvalue weighted by Gasteiger charge is -2.46. The summed E-state index contributed by atoms with van der Waals surface area (Å²) < 4.78 is 5.62. The van der Waals surface area contributed by atoms with Crippen LogP contribution in [0.4, 0.5) is 4.79 Å². The molecule has 1 aliphatic rings. The monoisotopic (exact) mass is 638 g/mol. The van der Waals surface area contributed by atoms with Crippen molar-refractivity contribution in [2.45, 2.75) is 78.1 Å². The van der Waals surface area contributed by atoms with Crippen molar-refractivity contribution >= 4 is 24.2 Å². The molecule has 11 heteroatoms. The molecule has 2 aromatic rings. The fraction of sp³-hybridized carbons (Fsp3) is 0.543. The zero-order valence-corrected chi connectivity index (χ0v) is 27.8. The number of rotatable bonds is 17. The summed E-state index contributed by atoms with van der Waals surface area (Å²) in [4.78, 5) is 61.9. The average molecular weight is 639 g/mol. The van der Waals surface area contributed by atoms with Gasteiger partial charge in [0.05, 0.1) is 19.2 Å². The van der Waals surface area contributed by atoms with Gasteiger partial charge in [0, 0.05) is 25.9 Å². The van der Waals surface area contributed by atoms with E-state index in [4.69, 9.17) is 9.57 Å². The minimum absolute atomic E-state index is 0.0196. The molecule has 3 amide bonds. The highest BCUT2D eigenvalue weighted by atomic mass is 16.7. The first kappa shape index (κ1) is 36.5. The molecule has 11 nitrogen and oxygen atoms in total. The molecule has 0 radical (unpaired) electrons. The first-order valence-electron chi connectivity index (χ1n) is 16.2. The summed E-state index contributed by atoms with van der Waals surface area (Å²) in [5.74, 6) is 0.312. The molecule has 3 atom stereocenters. The molecule has 3 rings (SSSR count). The summed E-state index contributed by atoms with van der Waals surface area (Å²) in [6.07, 6.45) is 0.715. The molecule has 2 aromatic carbocycles. The number of hydrogen-bond donors (Lipinski definition) is 2. The predicted molar refractivity (Wildman–Crippen MR) is 175 cm³/mol.